The van der Waals surface area contributed by atoms with Crippen molar-refractivity contribution in [1.82, 2.24) is 4.98 Å². The van der Waals surface area contributed by atoms with Gasteiger partial charge in [-0.3, -0.25) is 5.32 Å². The van der Waals surface area contributed by atoms with E-state index >= 15 is 0 Å². The van der Waals surface area contributed by atoms with Crippen LogP contribution in [0.3, 0.4) is 0 Å². The lowest BCUT2D eigenvalue weighted by molar-refractivity contribution is 0.0524. The first-order valence-electron chi connectivity index (χ1n) is 8.37. The first-order valence-corrected chi connectivity index (χ1v) is 8.37. The van der Waals surface area contributed by atoms with Crippen LogP contribution in [0.15, 0.2) is 36.4 Å². The van der Waals surface area contributed by atoms with Gasteiger partial charge in [0.1, 0.15) is 11.4 Å². The van der Waals surface area contributed by atoms with Gasteiger partial charge >= 0.3 is 12.1 Å². The van der Waals surface area contributed by atoms with Crippen molar-refractivity contribution in [2.24, 2.45) is 0 Å². The number of methoxy groups -OCH3 is 1. The molecule has 0 aliphatic carbocycles. The van der Waals surface area contributed by atoms with E-state index in [1.54, 1.807) is 31.2 Å². The minimum absolute atomic E-state index is 0.200. The van der Waals surface area contributed by atoms with Crippen molar-refractivity contribution in [2.45, 2.75) is 26.7 Å². The number of aryl methyl sites for hydroxylation is 1. The molecule has 0 aliphatic heterocycles. The summed E-state index contributed by atoms with van der Waals surface area (Å²) in [6.45, 7) is 3.95. The molecular weight excluding hydrogens is 336 g/mol. The van der Waals surface area contributed by atoms with E-state index in [0.29, 0.717) is 23.4 Å². The lowest BCUT2D eigenvalue weighted by atomic mass is 10.1. The van der Waals surface area contributed by atoms with E-state index in [1.165, 1.54) is 13.2 Å². The third-order valence-electron chi connectivity index (χ3n) is 3.43. The number of pyridine rings is 1. The van der Waals surface area contributed by atoms with E-state index < -0.39 is 12.1 Å². The molecule has 138 valence electrons. The van der Waals surface area contributed by atoms with Crippen molar-refractivity contribution < 1.29 is 23.8 Å². The number of ether oxygens (including phenoxy) is 3. The van der Waals surface area contributed by atoms with Crippen LogP contribution in [0.2, 0.25) is 0 Å². The number of hydrogen-bond acceptors (Lipinski definition) is 6. The van der Waals surface area contributed by atoms with Gasteiger partial charge in [0, 0.05) is 0 Å². The highest BCUT2D eigenvalue weighted by Gasteiger charge is 2.20. The molecule has 1 aromatic heterocycles. The predicted molar refractivity (Wildman–Crippen MR) is 96.8 cm³/mol. The first-order chi connectivity index (χ1) is 12.6. The fourth-order valence-corrected chi connectivity index (χ4v) is 2.32. The van der Waals surface area contributed by atoms with Gasteiger partial charge in [0.05, 0.1) is 25.0 Å². The second-order valence-corrected chi connectivity index (χ2v) is 5.34. The standard InChI is InChI=1S/C19H22N2O5/c1-4-9-15-14(18(22)25-5-2)12-16(17(20-15)24-3)21-19(23)26-13-10-7-6-8-11-13/h6-8,10-12H,4-5,9H2,1-3H3,(H,21,23). The maximum absolute atomic E-state index is 12.2. The third-order valence-corrected chi connectivity index (χ3v) is 3.43. The summed E-state index contributed by atoms with van der Waals surface area (Å²) in [5.74, 6) is 0.0993. The molecule has 0 radical (unpaired) electrons. The van der Waals surface area contributed by atoms with Gasteiger partial charge in [0.15, 0.2) is 0 Å². The fraction of sp³-hybridized carbons (Fsp3) is 0.316. The lowest BCUT2D eigenvalue weighted by Gasteiger charge is -2.14. The molecular formula is C19H22N2O5. The Kier molecular flexibility index (Phi) is 6.96. The number of rotatable bonds is 7. The van der Waals surface area contributed by atoms with Gasteiger partial charge in [-0.2, -0.15) is 0 Å². The monoisotopic (exact) mass is 358 g/mol. The average molecular weight is 358 g/mol. The number of carbonyl (C=O) groups excluding carboxylic acids is 2. The minimum atomic E-state index is -0.714. The molecule has 1 heterocycles. The van der Waals surface area contributed by atoms with Crippen LogP contribution in [0.5, 0.6) is 11.6 Å². The first kappa shape index (κ1) is 19.2. The normalized spacial score (nSPS) is 10.1. The molecule has 7 heteroatoms. The van der Waals surface area contributed by atoms with Gasteiger partial charge in [0.25, 0.3) is 0 Å². The summed E-state index contributed by atoms with van der Waals surface area (Å²) < 4.78 is 15.5. The SMILES string of the molecule is CCCc1nc(OC)c(NC(=O)Oc2ccccc2)cc1C(=O)OCC. The van der Waals surface area contributed by atoms with Crippen LogP contribution in [0.25, 0.3) is 0 Å². The predicted octanol–water partition coefficient (Wildman–Crippen LogP) is 3.83. The number of hydrogen-bond donors (Lipinski definition) is 1. The van der Waals surface area contributed by atoms with Crippen molar-refractivity contribution in [1.29, 1.82) is 0 Å². The highest BCUT2D eigenvalue weighted by Crippen LogP contribution is 2.27. The topological polar surface area (TPSA) is 86.8 Å². The van der Waals surface area contributed by atoms with Gasteiger partial charge in [-0.05, 0) is 31.5 Å². The number of benzene rings is 1. The molecule has 0 saturated carbocycles. The summed E-state index contributed by atoms with van der Waals surface area (Å²) in [6, 6.07) is 10.1. The molecule has 0 unspecified atom stereocenters. The quantitative estimate of drug-likeness (QED) is 0.757. The second-order valence-electron chi connectivity index (χ2n) is 5.34. The molecule has 7 nitrogen and oxygen atoms in total. The molecule has 26 heavy (non-hydrogen) atoms. The number of nitrogens with zero attached hydrogens (tertiary/aromatic N) is 1. The average Bonchev–Trinajstić information content (AvgIpc) is 2.63. The van der Waals surface area contributed by atoms with Gasteiger partial charge in [0.2, 0.25) is 5.88 Å². The van der Waals surface area contributed by atoms with Crippen LogP contribution < -0.4 is 14.8 Å². The van der Waals surface area contributed by atoms with E-state index in [9.17, 15) is 9.59 Å². The zero-order valence-electron chi connectivity index (χ0n) is 15.1. The van der Waals surface area contributed by atoms with Crippen LogP contribution in [0.1, 0.15) is 36.3 Å². The molecule has 2 rings (SSSR count). The van der Waals surface area contributed by atoms with Crippen molar-refractivity contribution in [3.8, 4) is 11.6 Å². The fourth-order valence-electron chi connectivity index (χ4n) is 2.32. The van der Waals surface area contributed by atoms with Crippen LogP contribution in [-0.2, 0) is 11.2 Å². The molecule has 1 aromatic carbocycles. The molecule has 1 amide bonds. The number of amides is 1. The number of esters is 1. The summed E-state index contributed by atoms with van der Waals surface area (Å²) in [6.07, 6.45) is 0.666. The van der Waals surface area contributed by atoms with E-state index in [1.807, 2.05) is 13.0 Å². The molecule has 0 fully saturated rings. The summed E-state index contributed by atoms with van der Waals surface area (Å²) in [4.78, 5) is 28.7. The van der Waals surface area contributed by atoms with Crippen LogP contribution in [0.4, 0.5) is 10.5 Å². The summed E-state index contributed by atoms with van der Waals surface area (Å²) in [7, 11) is 1.44. The molecule has 0 bridgehead atoms. The zero-order chi connectivity index (χ0) is 18.9. The zero-order valence-corrected chi connectivity index (χ0v) is 15.1. The van der Waals surface area contributed by atoms with Crippen molar-refractivity contribution >= 4 is 17.7 Å². The Morgan fingerprint density at radius 3 is 2.50 bits per heavy atom. The van der Waals surface area contributed by atoms with E-state index in [0.717, 1.165) is 6.42 Å². The Hall–Kier alpha value is -3.09. The van der Waals surface area contributed by atoms with Crippen molar-refractivity contribution in [3.05, 3.63) is 47.7 Å². The molecule has 0 atom stereocenters. The van der Waals surface area contributed by atoms with Gasteiger partial charge in [-0.1, -0.05) is 31.5 Å². The van der Waals surface area contributed by atoms with E-state index in [-0.39, 0.29) is 18.2 Å². The van der Waals surface area contributed by atoms with Crippen LogP contribution in [0, 0.1) is 0 Å². The van der Waals surface area contributed by atoms with Crippen molar-refractivity contribution in [2.75, 3.05) is 19.0 Å². The Balaban J connectivity index is 2.29. The Labute approximate surface area is 152 Å². The number of aromatic nitrogens is 1. The van der Waals surface area contributed by atoms with Crippen LogP contribution >= 0.6 is 0 Å². The molecule has 1 N–H and O–H groups in total. The molecule has 0 spiro atoms. The molecule has 2 aromatic rings. The van der Waals surface area contributed by atoms with E-state index in [2.05, 4.69) is 10.3 Å². The Morgan fingerprint density at radius 2 is 1.88 bits per heavy atom. The van der Waals surface area contributed by atoms with Crippen molar-refractivity contribution in [3.63, 3.8) is 0 Å². The third kappa shape index (κ3) is 4.95. The minimum Gasteiger partial charge on any atom is -0.480 e. The summed E-state index contributed by atoms with van der Waals surface area (Å²) in [5.41, 5.74) is 1.09. The second kappa shape index (κ2) is 9.41. The number of carbonyl (C=O) groups is 2. The molecule has 0 aliphatic rings. The highest BCUT2D eigenvalue weighted by atomic mass is 16.6. The maximum atomic E-state index is 12.2. The number of anilines is 1. The number of nitrogens with one attached hydrogen (secondary N) is 1. The Morgan fingerprint density at radius 1 is 1.15 bits per heavy atom. The smallest absolute Gasteiger partial charge is 0.417 e. The van der Waals surface area contributed by atoms with Gasteiger partial charge in [-0.15, -0.1) is 0 Å². The Bertz CT molecular complexity index is 762. The highest BCUT2D eigenvalue weighted by molar-refractivity contribution is 5.94. The summed E-state index contributed by atoms with van der Waals surface area (Å²) in [5, 5.41) is 2.56. The largest absolute Gasteiger partial charge is 0.480 e. The van der Waals surface area contributed by atoms with Gasteiger partial charge in [-0.25, -0.2) is 14.6 Å². The van der Waals surface area contributed by atoms with Crippen LogP contribution in [-0.4, -0.2) is 30.8 Å². The lowest BCUT2D eigenvalue weighted by Crippen LogP contribution is -2.19. The maximum Gasteiger partial charge on any atom is 0.417 e. The van der Waals surface area contributed by atoms with E-state index in [4.69, 9.17) is 14.2 Å². The molecule has 0 saturated heterocycles. The number of para-hydroxylation sites is 1. The van der Waals surface area contributed by atoms with Gasteiger partial charge < -0.3 is 14.2 Å². The summed E-state index contributed by atoms with van der Waals surface area (Å²) >= 11 is 0.